The third-order valence-corrected chi connectivity index (χ3v) is 2.30. The van der Waals surface area contributed by atoms with E-state index in [-0.39, 0.29) is 0 Å². The summed E-state index contributed by atoms with van der Waals surface area (Å²) in [7, 11) is 0. The van der Waals surface area contributed by atoms with Gasteiger partial charge in [-0.1, -0.05) is 12.1 Å². The van der Waals surface area contributed by atoms with Crippen molar-refractivity contribution in [1.29, 1.82) is 0 Å². The molecule has 0 aliphatic rings. The van der Waals surface area contributed by atoms with E-state index in [1.165, 1.54) is 0 Å². The van der Waals surface area contributed by atoms with Gasteiger partial charge >= 0.3 is 0 Å². The summed E-state index contributed by atoms with van der Waals surface area (Å²) in [5, 5.41) is -0.665. The molecule has 0 fully saturated rings. The normalized spacial score (nSPS) is 12.1. The summed E-state index contributed by atoms with van der Waals surface area (Å²) >= 11 is 5.76. The Balaban J connectivity index is 2.68. The first-order valence-corrected chi connectivity index (χ1v) is 5.22. The van der Waals surface area contributed by atoms with Crippen molar-refractivity contribution < 1.29 is 9.53 Å². The molecule has 0 radical (unpaired) electrons. The van der Waals surface area contributed by atoms with E-state index in [1.807, 2.05) is 31.2 Å². The molecule has 1 amide bonds. The van der Waals surface area contributed by atoms with Crippen LogP contribution in [0.3, 0.4) is 0 Å². The Morgan fingerprint density at radius 1 is 1.60 bits per heavy atom. The Bertz CT molecular complexity index is 341. The maximum Gasteiger partial charge on any atom is 0.235 e. The van der Waals surface area contributed by atoms with Crippen molar-refractivity contribution in [1.82, 2.24) is 0 Å². The number of halogens is 1. The van der Waals surface area contributed by atoms with Crippen molar-refractivity contribution in [2.75, 3.05) is 6.61 Å². The number of carbonyl (C=O) groups is 1. The van der Waals surface area contributed by atoms with Crippen LogP contribution >= 0.6 is 11.6 Å². The number of primary amides is 1. The van der Waals surface area contributed by atoms with Crippen molar-refractivity contribution in [3.8, 4) is 5.75 Å². The van der Waals surface area contributed by atoms with Crippen molar-refractivity contribution in [3.63, 3.8) is 0 Å². The zero-order valence-electron chi connectivity index (χ0n) is 8.57. The molecule has 2 N–H and O–H groups in total. The lowest BCUT2D eigenvalue weighted by Crippen LogP contribution is -2.25. The molecule has 1 rings (SSSR count). The lowest BCUT2D eigenvalue weighted by atomic mass is 10.1. The second-order valence-electron chi connectivity index (χ2n) is 3.15. The van der Waals surface area contributed by atoms with Gasteiger partial charge in [-0.25, -0.2) is 0 Å². The number of alkyl halides is 1. The van der Waals surface area contributed by atoms with Crippen LogP contribution in [0.4, 0.5) is 0 Å². The number of nitrogens with two attached hydrogens (primary N) is 1. The molecular weight excluding hydrogens is 214 g/mol. The largest absolute Gasteiger partial charge is 0.494 e. The Kier molecular flexibility index (Phi) is 4.43. The van der Waals surface area contributed by atoms with Crippen LogP contribution in [-0.2, 0) is 11.2 Å². The molecule has 3 nitrogen and oxygen atoms in total. The molecule has 0 aliphatic heterocycles. The highest BCUT2D eigenvalue weighted by molar-refractivity contribution is 6.30. The van der Waals surface area contributed by atoms with E-state index in [2.05, 4.69) is 0 Å². The van der Waals surface area contributed by atoms with Crippen LogP contribution < -0.4 is 10.5 Å². The quantitative estimate of drug-likeness (QED) is 0.779. The number of carbonyl (C=O) groups excluding carboxylic acids is 1. The topological polar surface area (TPSA) is 52.3 Å². The van der Waals surface area contributed by atoms with Gasteiger partial charge in [0.15, 0.2) is 0 Å². The van der Waals surface area contributed by atoms with Crippen molar-refractivity contribution >= 4 is 17.5 Å². The van der Waals surface area contributed by atoms with Gasteiger partial charge in [0.25, 0.3) is 0 Å². The number of ether oxygens (including phenoxy) is 1. The summed E-state index contributed by atoms with van der Waals surface area (Å²) in [6.45, 7) is 2.53. The first-order valence-electron chi connectivity index (χ1n) is 4.78. The molecule has 1 atom stereocenters. The summed E-state index contributed by atoms with van der Waals surface area (Å²) in [6, 6.07) is 7.48. The van der Waals surface area contributed by atoms with Crippen LogP contribution in [0.2, 0.25) is 0 Å². The maximum atomic E-state index is 10.8. The molecule has 1 unspecified atom stereocenters. The molecule has 4 heteroatoms. The van der Waals surface area contributed by atoms with Crippen LogP contribution in [-0.4, -0.2) is 17.9 Å². The molecule has 0 aromatic heterocycles. The van der Waals surface area contributed by atoms with Gasteiger partial charge in [-0.05, 0) is 31.0 Å². The number of hydrogen-bond donors (Lipinski definition) is 1. The smallest absolute Gasteiger partial charge is 0.235 e. The van der Waals surface area contributed by atoms with Gasteiger partial charge in [-0.2, -0.15) is 0 Å². The fourth-order valence-corrected chi connectivity index (χ4v) is 1.41. The summed E-state index contributed by atoms with van der Waals surface area (Å²) in [5.74, 6) is 0.279. The highest BCUT2D eigenvalue weighted by Gasteiger charge is 2.12. The second-order valence-corrected chi connectivity index (χ2v) is 3.68. The standard InChI is InChI=1S/C11H14ClNO2/c1-2-15-9-5-3-4-8(6-9)7-10(12)11(13)14/h3-6,10H,2,7H2,1H3,(H2,13,14). The summed E-state index contributed by atoms with van der Waals surface area (Å²) in [5.41, 5.74) is 6.02. The number of hydrogen-bond acceptors (Lipinski definition) is 2. The third kappa shape index (κ3) is 3.80. The van der Waals surface area contributed by atoms with Crippen LogP contribution in [0.25, 0.3) is 0 Å². The molecule has 82 valence electrons. The van der Waals surface area contributed by atoms with Gasteiger partial charge in [0.1, 0.15) is 11.1 Å². The Hall–Kier alpha value is -1.22. The molecule has 1 aromatic rings. The zero-order chi connectivity index (χ0) is 11.3. The summed E-state index contributed by atoms with van der Waals surface area (Å²) < 4.78 is 5.33. The van der Waals surface area contributed by atoms with E-state index >= 15 is 0 Å². The van der Waals surface area contributed by atoms with Crippen molar-refractivity contribution in [3.05, 3.63) is 29.8 Å². The van der Waals surface area contributed by atoms with Gasteiger partial charge in [0.05, 0.1) is 6.61 Å². The van der Waals surface area contributed by atoms with Crippen molar-refractivity contribution in [2.45, 2.75) is 18.7 Å². The SMILES string of the molecule is CCOc1cccc(CC(Cl)C(N)=O)c1. The van der Waals surface area contributed by atoms with Gasteiger partial charge in [0.2, 0.25) is 5.91 Å². The van der Waals surface area contributed by atoms with E-state index in [1.54, 1.807) is 0 Å². The number of benzene rings is 1. The lowest BCUT2D eigenvalue weighted by molar-refractivity contribution is -0.117. The molecule has 0 saturated carbocycles. The third-order valence-electron chi connectivity index (χ3n) is 1.93. The minimum Gasteiger partial charge on any atom is -0.494 e. The molecule has 0 heterocycles. The van der Waals surface area contributed by atoms with Gasteiger partial charge in [-0.15, -0.1) is 11.6 Å². The second kappa shape index (κ2) is 5.61. The van der Waals surface area contributed by atoms with Gasteiger partial charge in [0, 0.05) is 0 Å². The number of amides is 1. The predicted molar refractivity (Wildman–Crippen MR) is 60.2 cm³/mol. The average molecular weight is 228 g/mol. The summed E-state index contributed by atoms with van der Waals surface area (Å²) in [6.07, 6.45) is 0.428. The molecule has 1 aromatic carbocycles. The number of rotatable bonds is 5. The first-order chi connectivity index (χ1) is 7.13. The van der Waals surface area contributed by atoms with Gasteiger partial charge < -0.3 is 10.5 Å². The molecule has 0 saturated heterocycles. The molecule has 0 bridgehead atoms. The Morgan fingerprint density at radius 3 is 2.93 bits per heavy atom. The lowest BCUT2D eigenvalue weighted by Gasteiger charge is -2.07. The average Bonchev–Trinajstić information content (AvgIpc) is 2.18. The monoisotopic (exact) mass is 227 g/mol. The highest BCUT2D eigenvalue weighted by atomic mass is 35.5. The Labute approximate surface area is 94.2 Å². The maximum absolute atomic E-state index is 10.8. The van der Waals surface area contributed by atoms with E-state index < -0.39 is 11.3 Å². The minimum atomic E-state index is -0.665. The van der Waals surface area contributed by atoms with E-state index in [0.717, 1.165) is 11.3 Å². The van der Waals surface area contributed by atoms with Gasteiger partial charge in [-0.3, -0.25) is 4.79 Å². The predicted octanol–water partition coefficient (Wildman–Crippen LogP) is 1.72. The molecule has 0 aliphatic carbocycles. The first kappa shape index (κ1) is 11.9. The Morgan fingerprint density at radius 2 is 2.33 bits per heavy atom. The fourth-order valence-electron chi connectivity index (χ4n) is 1.24. The van der Waals surface area contributed by atoms with Crippen LogP contribution in [0.5, 0.6) is 5.75 Å². The van der Waals surface area contributed by atoms with Crippen LogP contribution in [0.15, 0.2) is 24.3 Å². The van der Waals surface area contributed by atoms with E-state index in [9.17, 15) is 4.79 Å². The van der Waals surface area contributed by atoms with E-state index in [0.29, 0.717) is 13.0 Å². The minimum absolute atomic E-state index is 0.428. The highest BCUT2D eigenvalue weighted by Crippen LogP contribution is 2.16. The zero-order valence-corrected chi connectivity index (χ0v) is 9.33. The fraction of sp³-hybridized carbons (Fsp3) is 0.364. The van der Waals surface area contributed by atoms with Crippen molar-refractivity contribution in [2.24, 2.45) is 5.73 Å². The van der Waals surface area contributed by atoms with Crippen LogP contribution in [0, 0.1) is 0 Å². The van der Waals surface area contributed by atoms with E-state index in [4.69, 9.17) is 22.1 Å². The summed E-state index contributed by atoms with van der Waals surface area (Å²) in [4.78, 5) is 10.8. The molecule has 15 heavy (non-hydrogen) atoms. The molecule has 0 spiro atoms. The molecular formula is C11H14ClNO2. The van der Waals surface area contributed by atoms with Crippen LogP contribution in [0.1, 0.15) is 12.5 Å².